The van der Waals surface area contributed by atoms with Crippen LogP contribution in [0.25, 0.3) is 0 Å². The molecule has 2 rings (SSSR count). The highest BCUT2D eigenvalue weighted by atomic mass is 15.4. The maximum absolute atomic E-state index is 5.85. The lowest BCUT2D eigenvalue weighted by atomic mass is 9.96. The molecule has 1 fully saturated rings. The van der Waals surface area contributed by atoms with Crippen LogP contribution in [0.2, 0.25) is 0 Å². The number of nitrogens with one attached hydrogen (secondary N) is 1. The van der Waals surface area contributed by atoms with Crippen LogP contribution < -0.4 is 11.1 Å². The first-order valence-corrected chi connectivity index (χ1v) is 6.77. The molecule has 0 unspecified atom stereocenters. The summed E-state index contributed by atoms with van der Waals surface area (Å²) in [6, 6.07) is 0.457. The molecule has 1 aromatic rings. The molecule has 1 aromatic heterocycles. The zero-order chi connectivity index (χ0) is 12.7. The fourth-order valence-electron chi connectivity index (χ4n) is 2.16. The Labute approximate surface area is 104 Å². The molecular weight excluding hydrogens is 214 g/mol. The van der Waals surface area contributed by atoms with Gasteiger partial charge < -0.3 is 11.1 Å². The molecule has 17 heavy (non-hydrogen) atoms. The Hall–Kier alpha value is -1.26. The second-order valence-electron chi connectivity index (χ2n) is 4.06. The molecule has 0 atom stereocenters. The monoisotopic (exact) mass is 239 g/mol. The van der Waals surface area contributed by atoms with Crippen LogP contribution in [0.5, 0.6) is 0 Å². The van der Waals surface area contributed by atoms with Crippen LogP contribution >= 0.6 is 0 Å². The number of nitrogens with two attached hydrogens (primary N) is 1. The summed E-state index contributed by atoms with van der Waals surface area (Å²) in [5.41, 5.74) is 5.85. The maximum Gasteiger partial charge on any atom is 0.243 e. The van der Waals surface area contributed by atoms with Crippen molar-refractivity contribution in [3.05, 3.63) is 0 Å². The molecule has 0 amide bonds. The number of hydrogen-bond acceptors (Lipinski definition) is 4. The first-order chi connectivity index (χ1) is 8.31. The van der Waals surface area contributed by atoms with Gasteiger partial charge in [-0.3, -0.25) is 0 Å². The minimum absolute atomic E-state index is 0.457. The van der Waals surface area contributed by atoms with Gasteiger partial charge in [-0.15, -0.1) is 5.10 Å². The second-order valence-corrected chi connectivity index (χ2v) is 4.06. The Bertz CT molecular complexity index is 315. The zero-order valence-corrected chi connectivity index (χ0v) is 11.2. The average molecular weight is 239 g/mol. The molecule has 0 spiro atoms. The fraction of sp³-hybridized carbons (Fsp3) is 0.833. The third-order valence-electron chi connectivity index (χ3n) is 2.91. The van der Waals surface area contributed by atoms with E-state index in [9.17, 15) is 0 Å². The first kappa shape index (κ1) is 13.8. The van der Waals surface area contributed by atoms with Gasteiger partial charge in [0.1, 0.15) is 0 Å². The molecule has 1 aliphatic rings. The van der Waals surface area contributed by atoms with Crippen LogP contribution in [0.15, 0.2) is 0 Å². The summed E-state index contributed by atoms with van der Waals surface area (Å²) < 4.78 is 1.89. The second kappa shape index (κ2) is 7.14. The van der Waals surface area contributed by atoms with Gasteiger partial charge in [-0.05, 0) is 19.8 Å². The van der Waals surface area contributed by atoms with Gasteiger partial charge in [-0.25, -0.2) is 4.68 Å². The summed E-state index contributed by atoms with van der Waals surface area (Å²) in [5.74, 6) is 1.19. The fourth-order valence-corrected chi connectivity index (χ4v) is 2.16. The van der Waals surface area contributed by atoms with E-state index in [0.29, 0.717) is 17.9 Å². The lowest BCUT2D eigenvalue weighted by Gasteiger charge is -2.21. The molecule has 1 aliphatic carbocycles. The van der Waals surface area contributed by atoms with Crippen LogP contribution in [-0.2, 0) is 0 Å². The summed E-state index contributed by atoms with van der Waals surface area (Å²) in [4.78, 5) is 4.19. The molecule has 0 bridgehead atoms. The summed E-state index contributed by atoms with van der Waals surface area (Å²) >= 11 is 0. The minimum Gasteiger partial charge on any atom is -0.368 e. The highest BCUT2D eigenvalue weighted by molar-refractivity contribution is 5.31. The standard InChI is InChI=1S/C10H19N5.C2H6/c1-2-12-10-13-9(11)15(14-10)8-6-4-3-5-7-8;1-2/h8H,2-7H2,1H3,(H3,11,12,13,14);1-2H3. The van der Waals surface area contributed by atoms with E-state index < -0.39 is 0 Å². The van der Waals surface area contributed by atoms with Crippen molar-refractivity contribution in [1.82, 2.24) is 14.8 Å². The topological polar surface area (TPSA) is 68.8 Å². The van der Waals surface area contributed by atoms with Crippen molar-refractivity contribution in [2.24, 2.45) is 0 Å². The summed E-state index contributed by atoms with van der Waals surface area (Å²) in [6.45, 7) is 6.85. The van der Waals surface area contributed by atoms with E-state index in [4.69, 9.17) is 5.73 Å². The Morgan fingerprint density at radius 2 is 1.94 bits per heavy atom. The molecular formula is C12H25N5. The predicted octanol–water partition coefficient (Wildman–Crippen LogP) is 2.82. The van der Waals surface area contributed by atoms with Crippen molar-refractivity contribution in [2.45, 2.75) is 58.9 Å². The van der Waals surface area contributed by atoms with Crippen molar-refractivity contribution >= 4 is 11.9 Å². The number of rotatable bonds is 3. The molecule has 5 heteroatoms. The largest absolute Gasteiger partial charge is 0.368 e. The average Bonchev–Trinajstić information content (AvgIpc) is 2.74. The van der Waals surface area contributed by atoms with Gasteiger partial charge in [0.15, 0.2) is 0 Å². The smallest absolute Gasteiger partial charge is 0.243 e. The third kappa shape index (κ3) is 3.61. The van der Waals surface area contributed by atoms with Crippen molar-refractivity contribution in [3.63, 3.8) is 0 Å². The summed E-state index contributed by atoms with van der Waals surface area (Å²) in [6.07, 6.45) is 6.25. The van der Waals surface area contributed by atoms with Crippen LogP contribution in [-0.4, -0.2) is 21.3 Å². The lowest BCUT2D eigenvalue weighted by Crippen LogP contribution is -2.16. The van der Waals surface area contributed by atoms with Gasteiger partial charge in [0, 0.05) is 6.54 Å². The number of nitrogen functional groups attached to an aromatic ring is 1. The van der Waals surface area contributed by atoms with Gasteiger partial charge in [0.25, 0.3) is 0 Å². The van der Waals surface area contributed by atoms with E-state index >= 15 is 0 Å². The molecule has 5 nitrogen and oxygen atoms in total. The van der Waals surface area contributed by atoms with Gasteiger partial charge >= 0.3 is 0 Å². The van der Waals surface area contributed by atoms with Gasteiger partial charge in [0.2, 0.25) is 11.9 Å². The lowest BCUT2D eigenvalue weighted by molar-refractivity contribution is 0.333. The molecule has 0 aromatic carbocycles. The molecule has 1 heterocycles. The van der Waals surface area contributed by atoms with Gasteiger partial charge in [-0.2, -0.15) is 4.98 Å². The van der Waals surface area contributed by atoms with Crippen molar-refractivity contribution in [2.75, 3.05) is 17.6 Å². The molecule has 0 saturated heterocycles. The Morgan fingerprint density at radius 3 is 2.53 bits per heavy atom. The minimum atomic E-state index is 0.457. The number of nitrogens with zero attached hydrogens (tertiary/aromatic N) is 3. The van der Waals surface area contributed by atoms with E-state index in [1.54, 1.807) is 0 Å². The molecule has 3 N–H and O–H groups in total. The van der Waals surface area contributed by atoms with Gasteiger partial charge in [-0.1, -0.05) is 33.1 Å². The Morgan fingerprint density at radius 1 is 1.29 bits per heavy atom. The number of anilines is 2. The molecule has 0 radical (unpaired) electrons. The van der Waals surface area contributed by atoms with Crippen molar-refractivity contribution < 1.29 is 0 Å². The van der Waals surface area contributed by atoms with Crippen LogP contribution in [0.3, 0.4) is 0 Å². The van der Waals surface area contributed by atoms with E-state index in [0.717, 1.165) is 6.54 Å². The van der Waals surface area contributed by atoms with E-state index in [1.165, 1.54) is 32.1 Å². The molecule has 1 saturated carbocycles. The predicted molar refractivity (Wildman–Crippen MR) is 72.1 cm³/mol. The Kier molecular flexibility index (Phi) is 5.80. The van der Waals surface area contributed by atoms with Crippen molar-refractivity contribution in [1.29, 1.82) is 0 Å². The van der Waals surface area contributed by atoms with E-state index in [1.807, 2.05) is 25.5 Å². The SMILES string of the molecule is CC.CCNc1nc(N)n(C2CCCCC2)n1. The Balaban J connectivity index is 0.000000686. The van der Waals surface area contributed by atoms with Crippen LogP contribution in [0.4, 0.5) is 11.9 Å². The zero-order valence-electron chi connectivity index (χ0n) is 11.2. The maximum atomic E-state index is 5.85. The van der Waals surface area contributed by atoms with Gasteiger partial charge in [0.05, 0.1) is 6.04 Å². The molecule has 98 valence electrons. The highest BCUT2D eigenvalue weighted by Crippen LogP contribution is 2.29. The van der Waals surface area contributed by atoms with E-state index in [2.05, 4.69) is 15.4 Å². The normalized spacial score (nSPS) is 16.2. The summed E-state index contributed by atoms with van der Waals surface area (Å²) in [5, 5.41) is 7.48. The quantitative estimate of drug-likeness (QED) is 0.851. The number of aromatic nitrogens is 3. The molecule has 0 aliphatic heterocycles. The summed E-state index contributed by atoms with van der Waals surface area (Å²) in [7, 11) is 0. The van der Waals surface area contributed by atoms with Crippen LogP contribution in [0.1, 0.15) is 58.9 Å². The number of hydrogen-bond donors (Lipinski definition) is 2. The highest BCUT2D eigenvalue weighted by Gasteiger charge is 2.19. The first-order valence-electron chi connectivity index (χ1n) is 6.77. The third-order valence-corrected chi connectivity index (χ3v) is 2.91. The van der Waals surface area contributed by atoms with Crippen LogP contribution in [0, 0.1) is 0 Å². The van der Waals surface area contributed by atoms with Crippen molar-refractivity contribution in [3.8, 4) is 0 Å². The van der Waals surface area contributed by atoms with E-state index in [-0.39, 0.29) is 0 Å².